The third kappa shape index (κ3) is 4.69. The average molecular weight is 443 g/mol. The number of benzene rings is 1. The molecule has 0 unspecified atom stereocenters. The van der Waals surface area contributed by atoms with Crippen molar-refractivity contribution in [2.45, 2.75) is 12.5 Å². The number of hydrogen-bond donors (Lipinski definition) is 0. The molecule has 7 heteroatoms. The van der Waals surface area contributed by atoms with Crippen LogP contribution in [0.15, 0.2) is 53.2 Å². The summed E-state index contributed by atoms with van der Waals surface area (Å²) in [6.45, 7) is 2.36. The Morgan fingerprint density at radius 1 is 1.13 bits per heavy atom. The van der Waals surface area contributed by atoms with Crippen LogP contribution in [0.2, 0.25) is 0 Å². The summed E-state index contributed by atoms with van der Waals surface area (Å²) in [6.07, 6.45) is 0.935. The molecule has 2 aromatic heterocycles. The first kappa shape index (κ1) is 20.9. The van der Waals surface area contributed by atoms with Gasteiger partial charge in [0, 0.05) is 22.8 Å². The van der Waals surface area contributed by atoms with Gasteiger partial charge in [0.05, 0.1) is 19.7 Å². The van der Waals surface area contributed by atoms with Crippen molar-refractivity contribution in [3.05, 3.63) is 68.5 Å². The van der Waals surface area contributed by atoms with E-state index in [-0.39, 0.29) is 11.9 Å². The molecule has 1 atom stereocenters. The molecule has 3 aromatic rings. The van der Waals surface area contributed by atoms with E-state index in [1.807, 2.05) is 41.1 Å². The van der Waals surface area contributed by atoms with Crippen LogP contribution in [0.4, 0.5) is 0 Å². The molecule has 0 saturated heterocycles. The molecule has 3 heterocycles. The molecular formula is C23H26N2O3S2. The molecule has 1 aliphatic heterocycles. The summed E-state index contributed by atoms with van der Waals surface area (Å²) < 4.78 is 11.0. The minimum atomic E-state index is 0.0384. The second kappa shape index (κ2) is 9.64. The number of ether oxygens (including phenoxy) is 2. The van der Waals surface area contributed by atoms with Gasteiger partial charge in [0.25, 0.3) is 0 Å². The van der Waals surface area contributed by atoms with E-state index >= 15 is 0 Å². The first-order chi connectivity index (χ1) is 14.7. The third-order valence-electron chi connectivity index (χ3n) is 5.31. The van der Waals surface area contributed by atoms with Crippen molar-refractivity contribution < 1.29 is 14.3 Å². The van der Waals surface area contributed by atoms with Gasteiger partial charge in [-0.1, -0.05) is 6.07 Å². The highest BCUT2D eigenvalue weighted by molar-refractivity contribution is 7.10. The molecule has 30 heavy (non-hydrogen) atoms. The van der Waals surface area contributed by atoms with Crippen LogP contribution in [0.5, 0.6) is 11.5 Å². The van der Waals surface area contributed by atoms with Crippen molar-refractivity contribution in [3.63, 3.8) is 0 Å². The molecule has 0 radical (unpaired) electrons. The number of likely N-dealkylation sites (N-methyl/N-ethyl adjacent to an activating group) is 1. The van der Waals surface area contributed by atoms with Crippen molar-refractivity contribution in [2.24, 2.45) is 0 Å². The number of rotatable bonds is 8. The predicted octanol–water partition coefficient (Wildman–Crippen LogP) is 4.30. The van der Waals surface area contributed by atoms with Gasteiger partial charge in [-0.05, 0) is 66.2 Å². The molecule has 1 aliphatic rings. The third-order valence-corrected chi connectivity index (χ3v) is 7.23. The second-order valence-corrected chi connectivity index (χ2v) is 9.30. The normalized spacial score (nSPS) is 15.8. The smallest absolute Gasteiger partial charge is 0.237 e. The Morgan fingerprint density at radius 2 is 1.93 bits per heavy atom. The van der Waals surface area contributed by atoms with Crippen molar-refractivity contribution in [3.8, 4) is 11.5 Å². The molecule has 1 aromatic carbocycles. The van der Waals surface area contributed by atoms with Crippen molar-refractivity contribution >= 4 is 28.6 Å². The fourth-order valence-electron chi connectivity index (χ4n) is 3.73. The lowest BCUT2D eigenvalue weighted by atomic mass is 9.98. The lowest BCUT2D eigenvalue weighted by Crippen LogP contribution is -2.45. The summed E-state index contributed by atoms with van der Waals surface area (Å²) in [4.78, 5) is 19.9. The topological polar surface area (TPSA) is 42.0 Å². The Balaban J connectivity index is 1.34. The highest BCUT2D eigenvalue weighted by Crippen LogP contribution is 2.39. The van der Waals surface area contributed by atoms with Crippen molar-refractivity contribution in [2.75, 3.05) is 40.4 Å². The molecule has 0 N–H and O–H groups in total. The first-order valence-electron chi connectivity index (χ1n) is 10.00. The molecule has 0 bridgehead atoms. The zero-order chi connectivity index (χ0) is 20.9. The summed E-state index contributed by atoms with van der Waals surface area (Å²) in [5.74, 6) is 1.77. The van der Waals surface area contributed by atoms with Crippen molar-refractivity contribution in [1.82, 2.24) is 9.80 Å². The number of fused-ring (bicyclic) bond motifs is 1. The average Bonchev–Trinajstić information content (AvgIpc) is 3.45. The van der Waals surface area contributed by atoms with E-state index in [0.717, 1.165) is 24.5 Å². The number of hydrogen-bond acceptors (Lipinski definition) is 6. The van der Waals surface area contributed by atoms with Gasteiger partial charge in [0.15, 0.2) is 0 Å². The first-order valence-corrected chi connectivity index (χ1v) is 11.8. The lowest BCUT2D eigenvalue weighted by molar-refractivity contribution is -0.134. The van der Waals surface area contributed by atoms with E-state index in [0.29, 0.717) is 19.7 Å². The molecule has 4 rings (SSSR count). The van der Waals surface area contributed by atoms with Gasteiger partial charge >= 0.3 is 0 Å². The largest absolute Gasteiger partial charge is 0.497 e. The Bertz CT molecular complexity index is 953. The maximum absolute atomic E-state index is 13.2. The van der Waals surface area contributed by atoms with Gasteiger partial charge < -0.3 is 14.4 Å². The molecular weight excluding hydrogens is 416 g/mol. The molecule has 0 aliphatic carbocycles. The van der Waals surface area contributed by atoms with E-state index in [2.05, 4.69) is 29.0 Å². The Labute approximate surface area is 185 Å². The zero-order valence-corrected chi connectivity index (χ0v) is 18.9. The van der Waals surface area contributed by atoms with Gasteiger partial charge in [-0.2, -0.15) is 0 Å². The zero-order valence-electron chi connectivity index (χ0n) is 17.2. The SMILES string of the molecule is COc1ccc(OCCN(C)CC(=O)N2CCc3sccc3[C@H]2c2cccs2)cc1. The monoisotopic (exact) mass is 442 g/mol. The van der Waals surface area contributed by atoms with Gasteiger partial charge in [-0.25, -0.2) is 0 Å². The number of thiophene rings is 2. The second-order valence-electron chi connectivity index (χ2n) is 7.32. The van der Waals surface area contributed by atoms with Crippen LogP contribution in [0.3, 0.4) is 0 Å². The highest BCUT2D eigenvalue weighted by Gasteiger charge is 2.33. The Hall–Kier alpha value is -2.35. The van der Waals surface area contributed by atoms with Gasteiger partial charge in [0.1, 0.15) is 18.1 Å². The summed E-state index contributed by atoms with van der Waals surface area (Å²) >= 11 is 3.52. The summed E-state index contributed by atoms with van der Waals surface area (Å²) in [5, 5.41) is 4.23. The van der Waals surface area contributed by atoms with Gasteiger partial charge in [0.2, 0.25) is 5.91 Å². The minimum Gasteiger partial charge on any atom is -0.497 e. The Kier molecular flexibility index (Phi) is 6.72. The summed E-state index contributed by atoms with van der Waals surface area (Å²) in [5.41, 5.74) is 1.28. The van der Waals surface area contributed by atoms with Crippen LogP contribution in [0.1, 0.15) is 21.4 Å². The number of methoxy groups -OCH3 is 1. The van der Waals surface area contributed by atoms with Crippen LogP contribution in [-0.4, -0.2) is 56.1 Å². The lowest BCUT2D eigenvalue weighted by Gasteiger charge is -2.36. The molecule has 0 fully saturated rings. The summed E-state index contributed by atoms with van der Waals surface area (Å²) in [7, 11) is 3.61. The van der Waals surface area contributed by atoms with E-state index in [1.165, 1.54) is 15.3 Å². The molecule has 1 amide bonds. The van der Waals surface area contributed by atoms with Gasteiger partial charge in [-0.3, -0.25) is 9.69 Å². The van der Waals surface area contributed by atoms with Crippen LogP contribution in [0.25, 0.3) is 0 Å². The molecule has 158 valence electrons. The molecule has 0 saturated carbocycles. The number of carbonyl (C=O) groups is 1. The van der Waals surface area contributed by atoms with E-state index in [4.69, 9.17) is 9.47 Å². The quantitative estimate of drug-likeness (QED) is 0.522. The fourth-order valence-corrected chi connectivity index (χ4v) is 5.49. The number of amides is 1. The van der Waals surface area contributed by atoms with Crippen LogP contribution < -0.4 is 9.47 Å². The van der Waals surface area contributed by atoms with E-state index < -0.39 is 0 Å². The van der Waals surface area contributed by atoms with Crippen LogP contribution in [0, 0.1) is 0 Å². The van der Waals surface area contributed by atoms with Gasteiger partial charge in [-0.15, -0.1) is 22.7 Å². The number of carbonyl (C=O) groups excluding carboxylic acids is 1. The van der Waals surface area contributed by atoms with Crippen molar-refractivity contribution in [1.29, 1.82) is 0 Å². The maximum Gasteiger partial charge on any atom is 0.237 e. The van der Waals surface area contributed by atoms with Crippen LogP contribution in [-0.2, 0) is 11.2 Å². The van der Waals surface area contributed by atoms with E-state index in [1.54, 1.807) is 29.8 Å². The number of nitrogens with zero attached hydrogens (tertiary/aromatic N) is 2. The molecule has 0 spiro atoms. The van der Waals surface area contributed by atoms with Crippen LogP contribution >= 0.6 is 22.7 Å². The predicted molar refractivity (Wildman–Crippen MR) is 122 cm³/mol. The van der Waals surface area contributed by atoms with E-state index in [9.17, 15) is 4.79 Å². The summed E-state index contributed by atoms with van der Waals surface area (Å²) in [6, 6.07) is 13.9. The standard InChI is InChI=1S/C23H26N2O3S2/c1-24(12-13-28-18-7-5-17(27-2)6-8-18)16-22(26)25-11-9-20-19(10-15-30-20)23(25)21-4-3-14-29-21/h3-8,10,14-15,23H,9,11-13,16H2,1-2H3/t23-/m0/s1. The Morgan fingerprint density at radius 3 is 2.67 bits per heavy atom. The maximum atomic E-state index is 13.2. The highest BCUT2D eigenvalue weighted by atomic mass is 32.1. The minimum absolute atomic E-state index is 0.0384. The fraction of sp³-hybridized carbons (Fsp3) is 0.348. The molecule has 5 nitrogen and oxygen atoms in total.